The first-order valence-corrected chi connectivity index (χ1v) is 4.86. The van der Waals surface area contributed by atoms with E-state index in [1.165, 1.54) is 11.4 Å². The Balaban J connectivity index is 0.00000169. The van der Waals surface area contributed by atoms with Gasteiger partial charge in [0.1, 0.15) is 0 Å². The molecule has 0 radical (unpaired) electrons. The summed E-state index contributed by atoms with van der Waals surface area (Å²) in [6, 6.07) is 0.217. The minimum absolute atomic E-state index is 0. The van der Waals surface area contributed by atoms with Crippen LogP contribution in [0.5, 0.6) is 0 Å². The number of hydrogen-bond donors (Lipinski definition) is 0. The molecule has 0 aromatic carbocycles. The van der Waals surface area contributed by atoms with Crippen molar-refractivity contribution in [3.8, 4) is 0 Å². The standard InChI is InChI=1S/C8H17N3O2.Na/c1-2-10(11(13)9-12)8-6-4-3-5-7-8;/h8,12H,2-7H2,1H3;/q;+1/p-1/b11-9-;. The molecular weight excluding hydrogens is 193 g/mol. The van der Waals surface area contributed by atoms with Crippen LogP contribution in [-0.4, -0.2) is 22.6 Å². The number of hydrazine groups is 1. The molecule has 0 heterocycles. The third-order valence-electron chi connectivity index (χ3n) is 2.61. The summed E-state index contributed by atoms with van der Waals surface area (Å²) in [7, 11) is 0. The van der Waals surface area contributed by atoms with Gasteiger partial charge in [0.05, 0.1) is 12.6 Å². The Hall–Kier alpha value is 0. The van der Waals surface area contributed by atoms with Gasteiger partial charge in [-0.15, -0.1) is 5.01 Å². The molecule has 0 aliphatic heterocycles. The van der Waals surface area contributed by atoms with E-state index in [1.807, 2.05) is 6.92 Å². The Labute approximate surface area is 107 Å². The van der Waals surface area contributed by atoms with Crippen LogP contribution in [-0.2, 0) is 0 Å². The molecule has 1 fully saturated rings. The number of rotatable bonds is 3. The van der Waals surface area contributed by atoms with E-state index in [0.717, 1.165) is 25.7 Å². The van der Waals surface area contributed by atoms with Crippen molar-refractivity contribution in [1.82, 2.24) is 5.01 Å². The first kappa shape index (κ1) is 14.0. The number of hydrogen-bond acceptors (Lipinski definition) is 3. The average Bonchev–Trinajstić information content (AvgIpc) is 2.20. The van der Waals surface area contributed by atoms with Crippen molar-refractivity contribution in [2.45, 2.75) is 45.1 Å². The molecule has 0 unspecified atom stereocenters. The van der Waals surface area contributed by atoms with Gasteiger partial charge in [0.25, 0.3) is 0 Å². The van der Waals surface area contributed by atoms with Crippen molar-refractivity contribution in [3.63, 3.8) is 0 Å². The summed E-state index contributed by atoms with van der Waals surface area (Å²) in [6.07, 6.45) is 5.54. The average molecular weight is 209 g/mol. The van der Waals surface area contributed by atoms with Gasteiger partial charge < -0.3 is 10.4 Å². The fraction of sp³-hybridized carbons (Fsp3) is 1.00. The molecule has 1 rings (SSSR count). The van der Waals surface area contributed by atoms with Gasteiger partial charge in [0.15, 0.2) is 0 Å². The predicted molar refractivity (Wildman–Crippen MR) is 48.7 cm³/mol. The summed E-state index contributed by atoms with van der Waals surface area (Å²) in [6.45, 7) is 2.42. The van der Waals surface area contributed by atoms with E-state index >= 15 is 0 Å². The monoisotopic (exact) mass is 209 g/mol. The Kier molecular flexibility index (Phi) is 7.31. The van der Waals surface area contributed by atoms with E-state index in [0.29, 0.717) is 6.54 Å². The molecule has 0 saturated heterocycles. The van der Waals surface area contributed by atoms with Crippen LogP contribution in [0.2, 0.25) is 0 Å². The van der Waals surface area contributed by atoms with Crippen molar-refractivity contribution < 1.29 is 34.5 Å². The third kappa shape index (κ3) is 3.63. The van der Waals surface area contributed by atoms with Crippen LogP contribution in [0, 0.1) is 10.4 Å². The van der Waals surface area contributed by atoms with Crippen molar-refractivity contribution in [2.75, 3.05) is 6.54 Å². The second-order valence-corrected chi connectivity index (χ2v) is 3.38. The van der Waals surface area contributed by atoms with E-state index in [4.69, 9.17) is 0 Å². The molecule has 0 atom stereocenters. The second kappa shape index (κ2) is 7.31. The Morgan fingerprint density at radius 2 is 1.93 bits per heavy atom. The molecule has 0 aromatic heterocycles. The van der Waals surface area contributed by atoms with Gasteiger partial charge >= 0.3 is 29.6 Å². The van der Waals surface area contributed by atoms with Crippen LogP contribution in [0.1, 0.15) is 39.0 Å². The third-order valence-corrected chi connectivity index (χ3v) is 2.61. The summed E-state index contributed by atoms with van der Waals surface area (Å²) in [5.41, 5.74) is 0. The van der Waals surface area contributed by atoms with E-state index in [-0.39, 0.29) is 40.6 Å². The molecule has 0 N–H and O–H groups in total. The van der Waals surface area contributed by atoms with Crippen molar-refractivity contribution in [1.29, 1.82) is 0 Å². The molecule has 5 nitrogen and oxygen atoms in total. The molecule has 6 heteroatoms. The van der Waals surface area contributed by atoms with Gasteiger partial charge in [-0.05, 0) is 25.0 Å². The zero-order valence-electron chi connectivity index (χ0n) is 8.98. The topological polar surface area (TPSA) is 64.7 Å². The van der Waals surface area contributed by atoms with Gasteiger partial charge in [-0.25, -0.2) is 0 Å². The minimum Gasteiger partial charge on any atom is -0.737 e. The maximum atomic E-state index is 11.0. The van der Waals surface area contributed by atoms with Crippen LogP contribution < -0.4 is 29.6 Å². The first-order chi connectivity index (χ1) is 6.29. The van der Waals surface area contributed by atoms with Crippen LogP contribution in [0.3, 0.4) is 0 Å². The summed E-state index contributed by atoms with van der Waals surface area (Å²) in [4.78, 5) is 0.190. The van der Waals surface area contributed by atoms with Gasteiger partial charge in [0.2, 0.25) is 0 Å². The van der Waals surface area contributed by atoms with Gasteiger partial charge in [-0.1, -0.05) is 19.3 Å². The van der Waals surface area contributed by atoms with Crippen LogP contribution >= 0.6 is 0 Å². The molecule has 1 saturated carbocycles. The first-order valence-electron chi connectivity index (χ1n) is 4.86. The van der Waals surface area contributed by atoms with Gasteiger partial charge in [0, 0.05) is 4.97 Å². The maximum Gasteiger partial charge on any atom is 1.00 e. The van der Waals surface area contributed by atoms with Crippen molar-refractivity contribution >= 4 is 0 Å². The van der Waals surface area contributed by atoms with Crippen LogP contribution in [0.25, 0.3) is 0 Å². The molecule has 14 heavy (non-hydrogen) atoms. The molecule has 0 aromatic rings. The van der Waals surface area contributed by atoms with E-state index < -0.39 is 0 Å². The smallest absolute Gasteiger partial charge is 0.737 e. The normalized spacial score (nSPS) is 18.8. The quantitative estimate of drug-likeness (QED) is 0.260. The summed E-state index contributed by atoms with van der Waals surface area (Å²) in [5.74, 6) is 0. The predicted octanol–water partition coefficient (Wildman–Crippen LogP) is -0.980. The Bertz CT molecular complexity index is 183. The molecule has 0 bridgehead atoms. The van der Waals surface area contributed by atoms with Crippen molar-refractivity contribution in [3.05, 3.63) is 10.4 Å². The van der Waals surface area contributed by atoms with E-state index in [9.17, 15) is 10.4 Å². The second-order valence-electron chi connectivity index (χ2n) is 3.38. The fourth-order valence-electron chi connectivity index (χ4n) is 1.94. The SMILES string of the molecule is CCN(C1CCCCC1)/[N+]([O-])=N/[O-].[Na+]. The number of nitrogens with zero attached hydrogens (tertiary/aromatic N) is 3. The Morgan fingerprint density at radius 1 is 1.36 bits per heavy atom. The molecule has 76 valence electrons. The fourth-order valence-corrected chi connectivity index (χ4v) is 1.94. The minimum atomic E-state index is 0. The van der Waals surface area contributed by atoms with E-state index in [2.05, 4.69) is 5.28 Å². The molecule has 1 aliphatic rings. The zero-order chi connectivity index (χ0) is 9.68. The zero-order valence-corrected chi connectivity index (χ0v) is 11.0. The summed E-state index contributed by atoms with van der Waals surface area (Å²) in [5, 5.41) is 25.0. The summed E-state index contributed by atoms with van der Waals surface area (Å²) < 4.78 is 0. The van der Waals surface area contributed by atoms with Gasteiger partial charge in [-0.2, -0.15) is 0 Å². The molecular formula is C8H16N3NaO2. The van der Waals surface area contributed by atoms with Crippen molar-refractivity contribution in [2.24, 2.45) is 5.28 Å². The largest absolute Gasteiger partial charge is 1.00 e. The summed E-state index contributed by atoms with van der Waals surface area (Å²) >= 11 is 0. The van der Waals surface area contributed by atoms with Gasteiger partial charge in [-0.3, -0.25) is 0 Å². The van der Waals surface area contributed by atoms with Crippen LogP contribution in [0.4, 0.5) is 0 Å². The Morgan fingerprint density at radius 3 is 2.36 bits per heavy atom. The molecule has 0 amide bonds. The van der Waals surface area contributed by atoms with E-state index in [1.54, 1.807) is 0 Å². The van der Waals surface area contributed by atoms with Crippen LogP contribution in [0.15, 0.2) is 5.28 Å². The molecule has 1 aliphatic carbocycles. The maximum absolute atomic E-state index is 11.0. The molecule has 0 spiro atoms.